The maximum absolute atomic E-state index is 11.8. The second-order valence-corrected chi connectivity index (χ2v) is 3.90. The van der Waals surface area contributed by atoms with Gasteiger partial charge in [0.25, 0.3) is 0 Å². The van der Waals surface area contributed by atoms with Gasteiger partial charge >= 0.3 is 0 Å². The number of rotatable bonds is 3. The molecule has 2 aromatic carbocycles. The highest BCUT2D eigenvalue weighted by Crippen LogP contribution is 2.20. The molecule has 0 atom stereocenters. The first-order valence-corrected chi connectivity index (χ1v) is 5.28. The van der Waals surface area contributed by atoms with E-state index in [2.05, 4.69) is 4.94 Å². The van der Waals surface area contributed by atoms with Crippen LogP contribution in [-0.4, -0.2) is 0 Å². The van der Waals surface area contributed by atoms with Crippen molar-refractivity contribution in [3.63, 3.8) is 0 Å². The van der Waals surface area contributed by atoms with Crippen molar-refractivity contribution in [2.45, 2.75) is 6.42 Å². The smallest absolute Gasteiger partial charge is 0.171 e. The van der Waals surface area contributed by atoms with Crippen molar-refractivity contribution in [1.82, 2.24) is 0 Å². The Balaban J connectivity index is 2.18. The average Bonchev–Trinajstić information content (AvgIpc) is 2.33. The number of hydrogen-bond donors (Lipinski definition) is 0. The first kappa shape index (κ1) is 11.0. The molecule has 0 aliphatic rings. The topological polar surface area (TPSA) is 9.23 Å². The molecule has 0 N–H and O–H groups in total. The summed E-state index contributed by atoms with van der Waals surface area (Å²) < 4.78 is 11.8. The molecular formula is C13H10ClFO. The first-order chi connectivity index (χ1) is 7.79. The largest absolute Gasteiger partial charge is 0.294 e. The van der Waals surface area contributed by atoms with Crippen LogP contribution in [0.5, 0.6) is 5.75 Å². The van der Waals surface area contributed by atoms with Crippen molar-refractivity contribution in [2.75, 3.05) is 0 Å². The molecule has 0 amide bonds. The van der Waals surface area contributed by atoms with E-state index < -0.39 is 0 Å². The summed E-state index contributed by atoms with van der Waals surface area (Å²) in [5.41, 5.74) is 2.12. The number of benzene rings is 2. The van der Waals surface area contributed by atoms with Crippen molar-refractivity contribution >= 4 is 11.6 Å². The van der Waals surface area contributed by atoms with Crippen LogP contribution in [-0.2, 0) is 6.42 Å². The molecule has 2 aromatic rings. The third kappa shape index (κ3) is 2.52. The van der Waals surface area contributed by atoms with Crippen LogP contribution in [0.25, 0.3) is 0 Å². The maximum Gasteiger partial charge on any atom is 0.171 e. The van der Waals surface area contributed by atoms with E-state index in [4.69, 9.17) is 11.6 Å². The Hall–Kier alpha value is -1.54. The fraction of sp³-hybridized carbons (Fsp3) is 0.0769. The molecular weight excluding hydrogens is 227 g/mol. The molecule has 82 valence electrons. The SMILES string of the molecule is FOc1ccc(Cc2ccccc2Cl)cc1. The lowest BCUT2D eigenvalue weighted by Gasteiger charge is -2.04. The summed E-state index contributed by atoms with van der Waals surface area (Å²) >= 11 is 6.05. The molecule has 2 rings (SSSR count). The summed E-state index contributed by atoms with van der Waals surface area (Å²) in [7, 11) is 0. The average molecular weight is 237 g/mol. The van der Waals surface area contributed by atoms with Gasteiger partial charge < -0.3 is 0 Å². The Kier molecular flexibility index (Phi) is 3.42. The lowest BCUT2D eigenvalue weighted by molar-refractivity contribution is -0.00621. The highest BCUT2D eigenvalue weighted by molar-refractivity contribution is 6.31. The Morgan fingerprint density at radius 1 is 1.00 bits per heavy atom. The highest BCUT2D eigenvalue weighted by Gasteiger charge is 2.01. The minimum Gasteiger partial charge on any atom is -0.294 e. The van der Waals surface area contributed by atoms with Crippen LogP contribution >= 0.6 is 11.6 Å². The molecule has 0 fully saturated rings. The molecule has 0 aliphatic carbocycles. The normalized spacial score (nSPS) is 10.1. The van der Waals surface area contributed by atoms with Gasteiger partial charge in [0.15, 0.2) is 5.75 Å². The van der Waals surface area contributed by atoms with Crippen molar-refractivity contribution in [2.24, 2.45) is 0 Å². The molecule has 0 saturated carbocycles. The Bertz CT molecular complexity index is 468. The summed E-state index contributed by atoms with van der Waals surface area (Å²) in [6, 6.07) is 14.5. The molecule has 0 aliphatic heterocycles. The Morgan fingerprint density at radius 2 is 1.69 bits per heavy atom. The van der Waals surface area contributed by atoms with E-state index in [9.17, 15) is 4.53 Å². The monoisotopic (exact) mass is 236 g/mol. The predicted octanol–water partition coefficient (Wildman–Crippen LogP) is 4.19. The van der Waals surface area contributed by atoms with E-state index in [1.165, 1.54) is 0 Å². The lowest BCUT2D eigenvalue weighted by Crippen LogP contribution is -1.89. The zero-order valence-electron chi connectivity index (χ0n) is 8.49. The van der Waals surface area contributed by atoms with Gasteiger partial charge in [-0.05, 0) is 35.7 Å². The van der Waals surface area contributed by atoms with Crippen molar-refractivity contribution in [1.29, 1.82) is 0 Å². The Morgan fingerprint density at radius 3 is 2.31 bits per heavy atom. The molecule has 0 aromatic heterocycles. The fourth-order valence-corrected chi connectivity index (χ4v) is 1.72. The number of halogens is 2. The molecule has 0 radical (unpaired) electrons. The predicted molar refractivity (Wildman–Crippen MR) is 62.4 cm³/mol. The van der Waals surface area contributed by atoms with Gasteiger partial charge in [0.05, 0.1) is 0 Å². The van der Waals surface area contributed by atoms with Gasteiger partial charge in [-0.3, -0.25) is 4.94 Å². The van der Waals surface area contributed by atoms with Crippen molar-refractivity contribution in [3.05, 3.63) is 64.7 Å². The van der Waals surface area contributed by atoms with Gasteiger partial charge in [0.2, 0.25) is 0 Å². The van der Waals surface area contributed by atoms with Gasteiger partial charge in [0.1, 0.15) is 0 Å². The summed E-state index contributed by atoms with van der Waals surface area (Å²) in [5, 5.41) is 0.744. The van der Waals surface area contributed by atoms with Crippen LogP contribution in [0.3, 0.4) is 0 Å². The van der Waals surface area contributed by atoms with Crippen molar-refractivity contribution < 1.29 is 9.47 Å². The summed E-state index contributed by atoms with van der Waals surface area (Å²) in [6.45, 7) is 0. The molecule has 0 saturated heterocycles. The van der Waals surface area contributed by atoms with E-state index in [1.54, 1.807) is 12.1 Å². The van der Waals surface area contributed by atoms with Crippen LogP contribution in [0.4, 0.5) is 4.53 Å². The number of hydrogen-bond acceptors (Lipinski definition) is 1. The second-order valence-electron chi connectivity index (χ2n) is 3.49. The van der Waals surface area contributed by atoms with Gasteiger partial charge in [-0.15, -0.1) is 0 Å². The standard InChI is InChI=1S/C13H10ClFO/c14-13-4-2-1-3-11(13)9-10-5-7-12(16-15)8-6-10/h1-8H,9H2. The molecule has 0 heterocycles. The molecule has 0 unspecified atom stereocenters. The van der Waals surface area contributed by atoms with Gasteiger partial charge in [-0.1, -0.05) is 41.9 Å². The van der Waals surface area contributed by atoms with Gasteiger partial charge in [-0.2, -0.15) is 0 Å². The van der Waals surface area contributed by atoms with Crippen LogP contribution in [0.15, 0.2) is 48.5 Å². The van der Waals surface area contributed by atoms with Gasteiger partial charge in [0, 0.05) is 9.55 Å². The highest BCUT2D eigenvalue weighted by atomic mass is 35.5. The lowest BCUT2D eigenvalue weighted by atomic mass is 10.1. The zero-order chi connectivity index (χ0) is 11.4. The summed E-state index contributed by atoms with van der Waals surface area (Å²) in [4.78, 5) is 3.62. The van der Waals surface area contributed by atoms with Crippen molar-refractivity contribution in [3.8, 4) is 5.75 Å². The molecule has 0 bridgehead atoms. The second kappa shape index (κ2) is 4.99. The maximum atomic E-state index is 11.8. The quantitative estimate of drug-likeness (QED) is 0.776. The van der Waals surface area contributed by atoms with E-state index in [1.807, 2.05) is 36.4 Å². The molecule has 1 nitrogen and oxygen atoms in total. The van der Waals surface area contributed by atoms with Crippen LogP contribution in [0, 0.1) is 0 Å². The molecule has 16 heavy (non-hydrogen) atoms. The van der Waals surface area contributed by atoms with Gasteiger partial charge in [-0.25, -0.2) is 0 Å². The third-order valence-corrected chi connectivity index (χ3v) is 2.73. The molecule has 3 heteroatoms. The fourth-order valence-electron chi connectivity index (χ4n) is 1.52. The van der Waals surface area contributed by atoms with E-state index in [-0.39, 0.29) is 5.75 Å². The van der Waals surface area contributed by atoms with Crippen LogP contribution < -0.4 is 4.94 Å². The van der Waals surface area contributed by atoms with Crippen LogP contribution in [0.2, 0.25) is 5.02 Å². The first-order valence-electron chi connectivity index (χ1n) is 4.90. The van der Waals surface area contributed by atoms with Crippen LogP contribution in [0.1, 0.15) is 11.1 Å². The van der Waals surface area contributed by atoms with E-state index in [0.717, 1.165) is 22.6 Å². The molecule has 0 spiro atoms. The zero-order valence-corrected chi connectivity index (χ0v) is 9.25. The summed E-state index contributed by atoms with van der Waals surface area (Å²) in [5.74, 6) is 0.211. The Labute approximate surface area is 98.3 Å². The minimum atomic E-state index is 0.211. The third-order valence-electron chi connectivity index (χ3n) is 2.36. The summed E-state index contributed by atoms with van der Waals surface area (Å²) in [6.07, 6.45) is 0.728. The van der Waals surface area contributed by atoms with E-state index in [0.29, 0.717) is 0 Å². The van der Waals surface area contributed by atoms with E-state index >= 15 is 0 Å². The minimum absolute atomic E-state index is 0.211.